The molecule has 0 bridgehead atoms. The van der Waals surface area contributed by atoms with Crippen LogP contribution in [-0.2, 0) is 21.0 Å². The summed E-state index contributed by atoms with van der Waals surface area (Å²) in [7, 11) is -1.31. The van der Waals surface area contributed by atoms with Crippen molar-refractivity contribution in [1.29, 1.82) is 0 Å². The van der Waals surface area contributed by atoms with Crippen molar-refractivity contribution in [3.63, 3.8) is 0 Å². The Hall–Kier alpha value is -1.38. The van der Waals surface area contributed by atoms with Gasteiger partial charge < -0.3 is 19.7 Å². The summed E-state index contributed by atoms with van der Waals surface area (Å²) in [6.45, 7) is 2.14. The molecule has 2 fully saturated rings. The van der Waals surface area contributed by atoms with E-state index in [1.54, 1.807) is 7.11 Å². The minimum Gasteiger partial charge on any atom is -0.497 e. The van der Waals surface area contributed by atoms with E-state index in [1.807, 2.05) is 29.2 Å². The zero-order valence-electron chi connectivity index (χ0n) is 15.7. The van der Waals surface area contributed by atoms with Crippen LogP contribution >= 0.6 is 12.2 Å². The van der Waals surface area contributed by atoms with E-state index < -0.39 is 9.84 Å². The Bertz CT molecular complexity index is 731. The van der Waals surface area contributed by atoms with Crippen molar-refractivity contribution in [2.45, 2.75) is 37.8 Å². The highest BCUT2D eigenvalue weighted by atomic mass is 32.2. The molecule has 0 amide bonds. The van der Waals surface area contributed by atoms with Gasteiger partial charge in [0.2, 0.25) is 0 Å². The van der Waals surface area contributed by atoms with Gasteiger partial charge in [-0.05, 0) is 55.6 Å². The summed E-state index contributed by atoms with van der Waals surface area (Å²) in [5.74, 6) is 1.26. The smallest absolute Gasteiger partial charge is 0.169 e. The van der Waals surface area contributed by atoms with Crippen molar-refractivity contribution in [2.75, 3.05) is 38.3 Å². The van der Waals surface area contributed by atoms with Crippen LogP contribution in [0.1, 0.15) is 24.8 Å². The molecular weight excluding hydrogens is 384 g/mol. The first-order chi connectivity index (χ1) is 13.0. The first kappa shape index (κ1) is 20.4. The minimum atomic E-state index is -2.96. The lowest BCUT2D eigenvalue weighted by Crippen LogP contribution is -2.50. The molecule has 27 heavy (non-hydrogen) atoms. The van der Waals surface area contributed by atoms with Crippen molar-refractivity contribution >= 4 is 27.2 Å². The number of sulfone groups is 1. The Kier molecular flexibility index (Phi) is 6.94. The predicted octanol–water partition coefficient (Wildman–Crippen LogP) is 1.78. The Morgan fingerprint density at radius 1 is 1.33 bits per heavy atom. The van der Waals surface area contributed by atoms with Crippen molar-refractivity contribution in [2.24, 2.45) is 0 Å². The summed E-state index contributed by atoms with van der Waals surface area (Å²) < 4.78 is 34.8. The fourth-order valence-corrected chi connectivity index (χ4v) is 5.69. The first-order valence-corrected chi connectivity index (χ1v) is 11.7. The molecule has 2 aliphatic rings. The van der Waals surface area contributed by atoms with E-state index in [0.717, 1.165) is 31.6 Å². The maximum atomic E-state index is 11.9. The molecule has 0 saturated carbocycles. The number of hydrogen-bond acceptors (Lipinski definition) is 5. The van der Waals surface area contributed by atoms with Crippen LogP contribution in [0.25, 0.3) is 0 Å². The van der Waals surface area contributed by atoms with E-state index in [2.05, 4.69) is 5.32 Å². The first-order valence-electron chi connectivity index (χ1n) is 9.46. The van der Waals surface area contributed by atoms with Gasteiger partial charge in [-0.1, -0.05) is 12.1 Å². The standard InChI is InChI=1S/C19H28N2O4S2/c1-24-17-6-4-15(5-7-17)8-10-20-19(26)21(13-18-3-2-11-25-18)16-9-12-27(22,23)14-16/h4-7,16,18H,2-3,8-14H2,1H3,(H,20,26)/t16-,18-/m1/s1. The monoisotopic (exact) mass is 412 g/mol. The quantitative estimate of drug-likeness (QED) is 0.685. The maximum Gasteiger partial charge on any atom is 0.169 e. The fourth-order valence-electron chi connectivity index (χ4n) is 3.63. The van der Waals surface area contributed by atoms with Gasteiger partial charge >= 0.3 is 0 Å². The number of methoxy groups -OCH3 is 1. The summed E-state index contributed by atoms with van der Waals surface area (Å²) in [5.41, 5.74) is 1.19. The Morgan fingerprint density at radius 2 is 2.11 bits per heavy atom. The van der Waals surface area contributed by atoms with Crippen molar-refractivity contribution < 1.29 is 17.9 Å². The molecule has 150 valence electrons. The predicted molar refractivity (Wildman–Crippen MR) is 110 cm³/mol. The minimum absolute atomic E-state index is 0.0554. The molecule has 1 N–H and O–H groups in total. The summed E-state index contributed by atoms with van der Waals surface area (Å²) in [6, 6.07) is 7.91. The van der Waals surface area contributed by atoms with Crippen LogP contribution in [0.3, 0.4) is 0 Å². The molecule has 1 aromatic carbocycles. The van der Waals surface area contributed by atoms with Gasteiger partial charge in [-0.25, -0.2) is 8.42 Å². The molecule has 0 spiro atoms. The van der Waals surface area contributed by atoms with Crippen LogP contribution in [0.15, 0.2) is 24.3 Å². The normalized spacial score (nSPS) is 23.9. The highest BCUT2D eigenvalue weighted by Gasteiger charge is 2.35. The molecule has 3 rings (SSSR count). The highest BCUT2D eigenvalue weighted by molar-refractivity contribution is 7.91. The molecule has 0 radical (unpaired) electrons. The van der Waals surface area contributed by atoms with E-state index in [9.17, 15) is 8.42 Å². The van der Waals surface area contributed by atoms with Gasteiger partial charge in [0.1, 0.15) is 5.75 Å². The Labute approximate surface area is 167 Å². The van der Waals surface area contributed by atoms with Gasteiger partial charge in [0.15, 0.2) is 14.9 Å². The third kappa shape index (κ3) is 5.80. The number of nitrogens with one attached hydrogen (secondary N) is 1. The number of nitrogens with zero attached hydrogens (tertiary/aromatic N) is 1. The lowest BCUT2D eigenvalue weighted by atomic mass is 10.1. The number of benzene rings is 1. The SMILES string of the molecule is COc1ccc(CCNC(=S)N(C[C@H]2CCCO2)[C@@H]2CCS(=O)(=O)C2)cc1. The summed E-state index contributed by atoms with van der Waals surface area (Å²) in [6.07, 6.45) is 3.66. The summed E-state index contributed by atoms with van der Waals surface area (Å²) in [5, 5.41) is 3.94. The highest BCUT2D eigenvalue weighted by Crippen LogP contribution is 2.21. The lowest BCUT2D eigenvalue weighted by molar-refractivity contribution is 0.0842. The van der Waals surface area contributed by atoms with Crippen LogP contribution < -0.4 is 10.1 Å². The molecule has 2 aliphatic heterocycles. The van der Waals surface area contributed by atoms with E-state index in [4.69, 9.17) is 21.7 Å². The number of hydrogen-bond donors (Lipinski definition) is 1. The van der Waals surface area contributed by atoms with Crippen LogP contribution in [-0.4, -0.2) is 68.9 Å². The van der Waals surface area contributed by atoms with Crippen LogP contribution in [0.2, 0.25) is 0 Å². The van der Waals surface area contributed by atoms with Gasteiger partial charge in [0.05, 0.1) is 24.7 Å². The molecule has 8 heteroatoms. The summed E-state index contributed by atoms with van der Waals surface area (Å²) in [4.78, 5) is 2.05. The molecule has 0 aromatic heterocycles. The van der Waals surface area contributed by atoms with E-state index in [1.165, 1.54) is 5.56 Å². The Morgan fingerprint density at radius 3 is 2.70 bits per heavy atom. The van der Waals surface area contributed by atoms with E-state index in [-0.39, 0.29) is 23.7 Å². The second kappa shape index (κ2) is 9.21. The van der Waals surface area contributed by atoms with Crippen molar-refractivity contribution in [3.05, 3.63) is 29.8 Å². The third-order valence-electron chi connectivity index (χ3n) is 5.18. The van der Waals surface area contributed by atoms with Gasteiger partial charge in [0, 0.05) is 25.7 Å². The maximum absolute atomic E-state index is 11.9. The van der Waals surface area contributed by atoms with Gasteiger partial charge in [-0.3, -0.25) is 0 Å². The van der Waals surface area contributed by atoms with E-state index in [0.29, 0.717) is 24.6 Å². The number of ether oxygens (including phenoxy) is 2. The zero-order chi connectivity index (χ0) is 19.3. The second-order valence-corrected chi connectivity index (χ2v) is 9.79. The average molecular weight is 413 g/mol. The average Bonchev–Trinajstić information content (AvgIpc) is 3.29. The zero-order valence-corrected chi connectivity index (χ0v) is 17.4. The molecule has 0 aliphatic carbocycles. The van der Waals surface area contributed by atoms with Crippen LogP contribution in [0.4, 0.5) is 0 Å². The topological polar surface area (TPSA) is 67.9 Å². The van der Waals surface area contributed by atoms with Crippen LogP contribution in [0, 0.1) is 0 Å². The molecule has 2 saturated heterocycles. The molecule has 0 unspecified atom stereocenters. The molecular formula is C19H28N2O4S2. The van der Waals surface area contributed by atoms with Gasteiger partial charge in [-0.2, -0.15) is 0 Å². The lowest BCUT2D eigenvalue weighted by Gasteiger charge is -2.33. The number of thiocarbonyl (C=S) groups is 1. The van der Waals surface area contributed by atoms with E-state index >= 15 is 0 Å². The molecule has 1 aromatic rings. The largest absolute Gasteiger partial charge is 0.497 e. The number of rotatable bonds is 7. The summed E-state index contributed by atoms with van der Waals surface area (Å²) >= 11 is 5.62. The van der Waals surface area contributed by atoms with Gasteiger partial charge in [0.25, 0.3) is 0 Å². The fraction of sp³-hybridized carbons (Fsp3) is 0.632. The molecule has 6 nitrogen and oxygen atoms in total. The molecule has 2 atom stereocenters. The van der Waals surface area contributed by atoms with Crippen LogP contribution in [0.5, 0.6) is 5.75 Å². The van der Waals surface area contributed by atoms with Crippen molar-refractivity contribution in [1.82, 2.24) is 10.2 Å². The third-order valence-corrected chi connectivity index (χ3v) is 7.31. The van der Waals surface area contributed by atoms with Crippen molar-refractivity contribution in [3.8, 4) is 5.75 Å². The molecule has 2 heterocycles. The Balaban J connectivity index is 1.56. The van der Waals surface area contributed by atoms with Gasteiger partial charge in [-0.15, -0.1) is 0 Å². The second-order valence-electron chi connectivity index (χ2n) is 7.17.